The number of carbonyl (C=O) groups is 1. The van der Waals surface area contributed by atoms with Crippen molar-refractivity contribution in [3.05, 3.63) is 36.0 Å². The summed E-state index contributed by atoms with van der Waals surface area (Å²) in [5.74, 6) is 1.34. The molecular formula is C10H10N2O2. The third-order valence-corrected chi connectivity index (χ3v) is 1.52. The third-order valence-electron chi connectivity index (χ3n) is 1.52. The molecule has 14 heavy (non-hydrogen) atoms. The number of aliphatic carboxylic acids is 1. The Bertz CT molecular complexity index is 378. The molecule has 0 aromatic heterocycles. The highest BCUT2D eigenvalue weighted by Crippen LogP contribution is 2.07. The van der Waals surface area contributed by atoms with E-state index in [0.29, 0.717) is 5.69 Å². The van der Waals surface area contributed by atoms with Crippen LogP contribution >= 0.6 is 0 Å². The Morgan fingerprint density at radius 1 is 1.43 bits per heavy atom. The van der Waals surface area contributed by atoms with E-state index >= 15 is 0 Å². The van der Waals surface area contributed by atoms with Crippen LogP contribution in [0.2, 0.25) is 0 Å². The predicted octanol–water partition coefficient (Wildman–Crippen LogP) is 1.18. The minimum absolute atomic E-state index is 0.0612. The molecule has 4 nitrogen and oxygen atoms in total. The quantitative estimate of drug-likeness (QED) is 0.555. The smallest absolute Gasteiger partial charge is 0.361 e. The van der Waals surface area contributed by atoms with Gasteiger partial charge in [0.1, 0.15) is 0 Å². The van der Waals surface area contributed by atoms with Crippen LogP contribution in [-0.4, -0.2) is 24.0 Å². The first kappa shape index (κ1) is 10.0. The molecule has 0 saturated heterocycles. The van der Waals surface area contributed by atoms with Crippen LogP contribution in [-0.2, 0) is 4.79 Å². The van der Waals surface area contributed by atoms with Crippen LogP contribution in [0.5, 0.6) is 0 Å². The lowest BCUT2D eigenvalue weighted by atomic mass is 10.3. The molecule has 1 aromatic carbocycles. The molecule has 2 N–H and O–H groups in total. The summed E-state index contributed by atoms with van der Waals surface area (Å²) in [5, 5.41) is 11.1. The second kappa shape index (κ2) is 4.84. The average Bonchev–Trinajstić information content (AvgIpc) is 2.20. The first-order valence-corrected chi connectivity index (χ1v) is 4.04. The third kappa shape index (κ3) is 2.77. The van der Waals surface area contributed by atoms with Gasteiger partial charge in [0.15, 0.2) is 5.70 Å². The second-order valence-electron chi connectivity index (χ2n) is 2.49. The van der Waals surface area contributed by atoms with E-state index in [1.54, 1.807) is 12.1 Å². The maximum Gasteiger partial charge on any atom is 0.361 e. The number of carboxylic acid groups (broad SMARTS) is 1. The summed E-state index contributed by atoms with van der Waals surface area (Å²) >= 11 is 0. The summed E-state index contributed by atoms with van der Waals surface area (Å²) < 4.78 is 0. The Hall–Kier alpha value is -2.06. The van der Waals surface area contributed by atoms with Crippen molar-refractivity contribution in [2.24, 2.45) is 4.99 Å². The predicted molar refractivity (Wildman–Crippen MR) is 53.7 cm³/mol. The summed E-state index contributed by atoms with van der Waals surface area (Å²) in [4.78, 5) is 14.4. The summed E-state index contributed by atoms with van der Waals surface area (Å²) in [6, 6.07) is 9.03. The Balaban J connectivity index is 2.95. The van der Waals surface area contributed by atoms with Crippen LogP contribution in [0.15, 0.2) is 41.0 Å². The molecule has 0 amide bonds. The number of rotatable bonds is 3. The van der Waals surface area contributed by atoms with Gasteiger partial charge >= 0.3 is 5.97 Å². The molecule has 0 fully saturated rings. The Morgan fingerprint density at radius 3 is 2.57 bits per heavy atom. The van der Waals surface area contributed by atoms with Crippen LogP contribution in [0.4, 0.5) is 5.69 Å². The van der Waals surface area contributed by atoms with Gasteiger partial charge in [-0.15, -0.1) is 0 Å². The van der Waals surface area contributed by atoms with Gasteiger partial charge in [-0.2, -0.15) is 0 Å². The highest BCUT2D eigenvalue weighted by atomic mass is 16.4. The normalized spacial score (nSPS) is 8.64. The molecule has 0 atom stereocenters. The summed E-state index contributed by atoms with van der Waals surface area (Å²) in [7, 11) is 1.51. The number of nitrogens with zero attached hydrogens (tertiary/aromatic N) is 1. The van der Waals surface area contributed by atoms with Crippen molar-refractivity contribution >= 4 is 17.5 Å². The van der Waals surface area contributed by atoms with Crippen molar-refractivity contribution in [3.63, 3.8) is 0 Å². The van der Waals surface area contributed by atoms with Gasteiger partial charge in [0, 0.05) is 12.9 Å². The standard InChI is InChI=1S/C10H10N2O2/c1-11-9(10(13)14)7-12-8-5-3-2-4-6-8/h2-6,11H,1H3,(H,13,14). The Kier molecular flexibility index (Phi) is 3.47. The molecule has 0 radical (unpaired) electrons. The summed E-state index contributed by atoms with van der Waals surface area (Å²) in [6.45, 7) is 0. The highest BCUT2D eigenvalue weighted by molar-refractivity contribution is 5.96. The summed E-state index contributed by atoms with van der Waals surface area (Å²) in [5.41, 5.74) is 0.607. The lowest BCUT2D eigenvalue weighted by molar-refractivity contribution is -0.132. The lowest BCUT2D eigenvalue weighted by Crippen LogP contribution is -2.15. The molecule has 0 aliphatic rings. The van der Waals surface area contributed by atoms with Gasteiger partial charge in [0.25, 0.3) is 0 Å². The van der Waals surface area contributed by atoms with Crippen LogP contribution in [0, 0.1) is 0 Å². The maximum atomic E-state index is 10.5. The molecule has 0 aliphatic carbocycles. The van der Waals surface area contributed by atoms with Crippen molar-refractivity contribution in [1.82, 2.24) is 5.32 Å². The molecule has 0 bridgehead atoms. The molecular weight excluding hydrogens is 180 g/mol. The number of carboxylic acids is 1. The van der Waals surface area contributed by atoms with Gasteiger partial charge in [-0.3, -0.25) is 0 Å². The van der Waals surface area contributed by atoms with E-state index in [-0.39, 0.29) is 5.70 Å². The second-order valence-corrected chi connectivity index (χ2v) is 2.49. The SMILES string of the molecule is CNC(=C=Nc1ccccc1)C(=O)O. The first-order valence-electron chi connectivity index (χ1n) is 4.04. The van der Waals surface area contributed by atoms with E-state index in [2.05, 4.69) is 16.2 Å². The summed E-state index contributed by atoms with van der Waals surface area (Å²) in [6.07, 6.45) is 0. The van der Waals surface area contributed by atoms with Gasteiger partial charge in [-0.05, 0) is 12.1 Å². The van der Waals surface area contributed by atoms with Crippen molar-refractivity contribution in [1.29, 1.82) is 0 Å². The van der Waals surface area contributed by atoms with Crippen molar-refractivity contribution in [2.75, 3.05) is 7.05 Å². The van der Waals surface area contributed by atoms with Crippen LogP contribution < -0.4 is 5.32 Å². The molecule has 4 heteroatoms. The van der Waals surface area contributed by atoms with Crippen molar-refractivity contribution in [3.8, 4) is 0 Å². The van der Waals surface area contributed by atoms with E-state index in [4.69, 9.17) is 5.11 Å². The van der Waals surface area contributed by atoms with Gasteiger partial charge in [0.05, 0.1) is 5.69 Å². The minimum atomic E-state index is -1.08. The van der Waals surface area contributed by atoms with Gasteiger partial charge in [0.2, 0.25) is 0 Å². The van der Waals surface area contributed by atoms with Crippen LogP contribution in [0.1, 0.15) is 0 Å². The Labute approximate surface area is 81.6 Å². The van der Waals surface area contributed by atoms with E-state index in [9.17, 15) is 4.79 Å². The molecule has 0 spiro atoms. The maximum absolute atomic E-state index is 10.5. The van der Waals surface area contributed by atoms with Crippen LogP contribution in [0.25, 0.3) is 0 Å². The minimum Gasteiger partial charge on any atom is -0.476 e. The number of likely N-dealkylation sites (N-methyl/N-ethyl adjacent to an activating group) is 1. The average molecular weight is 190 g/mol. The zero-order chi connectivity index (χ0) is 10.4. The molecule has 0 unspecified atom stereocenters. The fourth-order valence-corrected chi connectivity index (χ4v) is 0.834. The fraction of sp³-hybridized carbons (Fsp3) is 0.100. The Morgan fingerprint density at radius 2 is 2.07 bits per heavy atom. The van der Waals surface area contributed by atoms with E-state index in [1.165, 1.54) is 7.05 Å². The van der Waals surface area contributed by atoms with Crippen molar-refractivity contribution < 1.29 is 9.90 Å². The largest absolute Gasteiger partial charge is 0.476 e. The zero-order valence-electron chi connectivity index (χ0n) is 7.69. The van der Waals surface area contributed by atoms with Crippen molar-refractivity contribution in [2.45, 2.75) is 0 Å². The number of aliphatic imine (C=N–C) groups is 1. The monoisotopic (exact) mass is 190 g/mol. The van der Waals surface area contributed by atoms with Gasteiger partial charge < -0.3 is 10.4 Å². The molecule has 0 aliphatic heterocycles. The fourth-order valence-electron chi connectivity index (χ4n) is 0.834. The van der Waals surface area contributed by atoms with Gasteiger partial charge in [-0.25, -0.2) is 9.79 Å². The molecule has 72 valence electrons. The number of para-hydroxylation sites is 1. The number of hydrogen-bond donors (Lipinski definition) is 2. The molecule has 0 saturated carbocycles. The molecule has 1 rings (SSSR count). The topological polar surface area (TPSA) is 61.7 Å². The van der Waals surface area contributed by atoms with E-state index in [0.717, 1.165) is 0 Å². The lowest BCUT2D eigenvalue weighted by Gasteiger charge is -1.93. The zero-order valence-corrected chi connectivity index (χ0v) is 7.69. The number of hydrogen-bond acceptors (Lipinski definition) is 3. The number of nitrogens with one attached hydrogen (secondary N) is 1. The first-order chi connectivity index (χ1) is 6.74. The highest BCUT2D eigenvalue weighted by Gasteiger charge is 2.01. The van der Waals surface area contributed by atoms with Crippen LogP contribution in [0.3, 0.4) is 0 Å². The molecule has 1 aromatic rings. The van der Waals surface area contributed by atoms with E-state index < -0.39 is 5.97 Å². The van der Waals surface area contributed by atoms with E-state index in [1.807, 2.05) is 18.2 Å². The molecule has 0 heterocycles. The van der Waals surface area contributed by atoms with Gasteiger partial charge in [-0.1, -0.05) is 18.2 Å². The number of benzene rings is 1.